The number of carbonyl (C=O) groups excluding carboxylic acids is 1. The van der Waals surface area contributed by atoms with Crippen LogP contribution < -0.4 is 4.90 Å². The second kappa shape index (κ2) is 7.89. The Labute approximate surface area is 185 Å². The molecule has 0 unspecified atom stereocenters. The number of rotatable bonds is 5. The van der Waals surface area contributed by atoms with Crippen LogP contribution in [0.1, 0.15) is 40.1 Å². The van der Waals surface area contributed by atoms with Crippen molar-refractivity contribution in [1.29, 1.82) is 0 Å². The van der Waals surface area contributed by atoms with Crippen LogP contribution in [0.15, 0.2) is 42.9 Å². The van der Waals surface area contributed by atoms with Crippen LogP contribution in [0.25, 0.3) is 21.1 Å². The van der Waals surface area contributed by atoms with Crippen LogP contribution in [0.3, 0.4) is 0 Å². The van der Waals surface area contributed by atoms with Gasteiger partial charge in [0.1, 0.15) is 17.0 Å². The first kappa shape index (κ1) is 19.9. The lowest BCUT2D eigenvalue weighted by Crippen LogP contribution is -2.37. The molecule has 0 aliphatic heterocycles. The van der Waals surface area contributed by atoms with Gasteiger partial charge in [-0.3, -0.25) is 9.78 Å². The van der Waals surface area contributed by atoms with Gasteiger partial charge < -0.3 is 9.80 Å². The number of anilines is 1. The molecule has 5 rings (SSSR count). The predicted molar refractivity (Wildman–Crippen MR) is 126 cm³/mol. The van der Waals surface area contributed by atoms with Gasteiger partial charge >= 0.3 is 0 Å². The molecule has 3 heterocycles. The van der Waals surface area contributed by atoms with E-state index in [4.69, 9.17) is 0 Å². The normalized spacial score (nSPS) is 14.0. The van der Waals surface area contributed by atoms with Gasteiger partial charge in [0.2, 0.25) is 0 Å². The molecule has 1 amide bonds. The molecule has 1 aliphatic rings. The van der Waals surface area contributed by atoms with Crippen molar-refractivity contribution in [3.8, 4) is 0 Å². The smallest absolute Gasteiger partial charge is 0.264 e. The molecule has 1 saturated carbocycles. The Hall–Kier alpha value is -3.06. The number of fused-ring (bicyclic) bond motifs is 2. The van der Waals surface area contributed by atoms with Crippen LogP contribution in [-0.2, 0) is 6.54 Å². The molecule has 7 heteroatoms. The van der Waals surface area contributed by atoms with Crippen LogP contribution in [0, 0.1) is 6.92 Å². The number of benzene rings is 1. The third-order valence-corrected chi connectivity index (χ3v) is 7.54. The molecule has 4 aromatic rings. The molecular weight excluding hydrogens is 406 g/mol. The largest absolute Gasteiger partial charge is 0.356 e. The van der Waals surface area contributed by atoms with Gasteiger partial charge in [0, 0.05) is 38.3 Å². The van der Waals surface area contributed by atoms with Gasteiger partial charge in [-0.15, -0.1) is 11.3 Å². The number of nitrogens with zero attached hydrogens (tertiary/aromatic N) is 5. The van der Waals surface area contributed by atoms with Crippen molar-refractivity contribution in [2.75, 3.05) is 19.0 Å². The number of aryl methyl sites for hydroxylation is 1. The zero-order valence-electron chi connectivity index (χ0n) is 18.0. The van der Waals surface area contributed by atoms with E-state index < -0.39 is 0 Å². The number of hydrogen-bond donors (Lipinski definition) is 0. The molecule has 0 radical (unpaired) electrons. The second-order valence-electron chi connectivity index (χ2n) is 8.28. The van der Waals surface area contributed by atoms with Gasteiger partial charge in [-0.2, -0.15) is 0 Å². The quantitative estimate of drug-likeness (QED) is 0.454. The summed E-state index contributed by atoms with van der Waals surface area (Å²) in [4.78, 5) is 32.5. The van der Waals surface area contributed by atoms with Crippen LogP contribution in [0.2, 0.25) is 0 Å². The van der Waals surface area contributed by atoms with E-state index in [1.54, 1.807) is 17.4 Å². The summed E-state index contributed by atoms with van der Waals surface area (Å²) in [5.74, 6) is 0.948. The average molecular weight is 432 g/mol. The highest BCUT2D eigenvalue weighted by atomic mass is 32.1. The lowest BCUT2D eigenvalue weighted by atomic mass is 9.92. The summed E-state index contributed by atoms with van der Waals surface area (Å²) in [6.07, 6.45) is 7.06. The third kappa shape index (κ3) is 3.43. The number of aromatic nitrogens is 3. The van der Waals surface area contributed by atoms with E-state index in [-0.39, 0.29) is 5.91 Å². The van der Waals surface area contributed by atoms with Crippen LogP contribution in [0.5, 0.6) is 0 Å². The highest BCUT2D eigenvalue weighted by Gasteiger charge is 2.27. The lowest BCUT2D eigenvalue weighted by molar-refractivity contribution is 0.0790. The van der Waals surface area contributed by atoms with E-state index in [1.165, 1.54) is 30.6 Å². The van der Waals surface area contributed by atoms with Crippen LogP contribution >= 0.6 is 11.3 Å². The Kier molecular flexibility index (Phi) is 5.06. The minimum absolute atomic E-state index is 0.0126. The monoisotopic (exact) mass is 431 g/mol. The fraction of sp³-hybridized carbons (Fsp3) is 0.333. The van der Waals surface area contributed by atoms with Gasteiger partial charge in [-0.1, -0.05) is 18.2 Å². The Bertz CT molecular complexity index is 1270. The van der Waals surface area contributed by atoms with Crippen molar-refractivity contribution in [1.82, 2.24) is 19.9 Å². The summed E-state index contributed by atoms with van der Waals surface area (Å²) in [6, 6.07) is 10.6. The molecule has 0 N–H and O–H groups in total. The van der Waals surface area contributed by atoms with Crippen molar-refractivity contribution < 1.29 is 4.79 Å². The number of carbonyl (C=O) groups is 1. The predicted octanol–water partition coefficient (Wildman–Crippen LogP) is 4.81. The summed E-state index contributed by atoms with van der Waals surface area (Å²) >= 11 is 1.46. The molecule has 0 spiro atoms. The van der Waals surface area contributed by atoms with Gasteiger partial charge in [-0.25, -0.2) is 9.97 Å². The van der Waals surface area contributed by atoms with Crippen molar-refractivity contribution in [2.24, 2.45) is 0 Å². The molecular formula is C24H25N5OS. The topological polar surface area (TPSA) is 62.2 Å². The van der Waals surface area contributed by atoms with Crippen molar-refractivity contribution in [3.05, 3.63) is 58.9 Å². The first-order valence-electron chi connectivity index (χ1n) is 10.6. The van der Waals surface area contributed by atoms with E-state index >= 15 is 0 Å². The maximum atomic E-state index is 13.4. The van der Waals surface area contributed by atoms with Crippen molar-refractivity contribution in [3.63, 3.8) is 0 Å². The summed E-state index contributed by atoms with van der Waals surface area (Å²) < 4.78 is 0. The highest BCUT2D eigenvalue weighted by Crippen LogP contribution is 2.37. The van der Waals surface area contributed by atoms with E-state index in [2.05, 4.69) is 39.0 Å². The fourth-order valence-electron chi connectivity index (χ4n) is 4.28. The number of pyridine rings is 1. The lowest BCUT2D eigenvalue weighted by Gasteiger charge is -2.35. The molecule has 158 valence electrons. The zero-order valence-corrected chi connectivity index (χ0v) is 18.8. The zero-order chi connectivity index (χ0) is 21.5. The summed E-state index contributed by atoms with van der Waals surface area (Å²) in [5, 5.41) is 2.08. The van der Waals surface area contributed by atoms with Crippen molar-refractivity contribution >= 4 is 44.2 Å². The average Bonchev–Trinajstić information content (AvgIpc) is 3.09. The Morgan fingerprint density at radius 2 is 1.97 bits per heavy atom. The SMILES string of the molecule is Cc1c(C(=O)N(C)Cc2cccc3ncccc23)sc2ncnc(N(C)C3CCC3)c12. The molecule has 0 atom stereocenters. The first-order valence-corrected chi connectivity index (χ1v) is 11.4. The fourth-order valence-corrected chi connectivity index (χ4v) is 5.41. The standard InChI is InChI=1S/C24H25N5OS/c1-15-20-22(29(3)17-8-5-9-17)26-14-27-23(20)31-21(15)24(30)28(2)13-16-7-4-11-19-18(16)10-6-12-25-19/h4,6-7,10-12,14,17H,5,8-9,13H2,1-3H3. The second-order valence-corrected chi connectivity index (χ2v) is 9.28. The number of hydrogen-bond acceptors (Lipinski definition) is 6. The van der Waals surface area contributed by atoms with E-state index in [0.29, 0.717) is 12.6 Å². The van der Waals surface area contributed by atoms with Gasteiger partial charge in [0.05, 0.1) is 15.8 Å². The molecule has 1 fully saturated rings. The van der Waals surface area contributed by atoms with Gasteiger partial charge in [0.15, 0.2) is 0 Å². The maximum Gasteiger partial charge on any atom is 0.264 e. The van der Waals surface area contributed by atoms with E-state index in [0.717, 1.165) is 42.9 Å². The third-order valence-electron chi connectivity index (χ3n) is 6.35. The van der Waals surface area contributed by atoms with Gasteiger partial charge in [0.25, 0.3) is 5.91 Å². The first-order chi connectivity index (χ1) is 15.0. The van der Waals surface area contributed by atoms with Crippen LogP contribution in [0.4, 0.5) is 5.82 Å². The number of thiophene rings is 1. The minimum Gasteiger partial charge on any atom is -0.356 e. The highest BCUT2D eigenvalue weighted by molar-refractivity contribution is 7.20. The maximum absolute atomic E-state index is 13.4. The summed E-state index contributed by atoms with van der Waals surface area (Å²) in [7, 11) is 3.96. The molecule has 1 aromatic carbocycles. The minimum atomic E-state index is 0.0126. The Balaban J connectivity index is 1.47. The van der Waals surface area contributed by atoms with E-state index in [9.17, 15) is 4.79 Å². The summed E-state index contributed by atoms with van der Waals surface area (Å²) in [5.41, 5.74) is 3.00. The molecule has 6 nitrogen and oxygen atoms in total. The molecule has 0 saturated heterocycles. The Morgan fingerprint density at radius 1 is 1.13 bits per heavy atom. The molecule has 3 aromatic heterocycles. The van der Waals surface area contributed by atoms with Gasteiger partial charge in [-0.05, 0) is 49.4 Å². The number of amides is 1. The molecule has 31 heavy (non-hydrogen) atoms. The van der Waals surface area contributed by atoms with E-state index in [1.807, 2.05) is 32.2 Å². The molecule has 0 bridgehead atoms. The van der Waals surface area contributed by atoms with Crippen LogP contribution in [-0.4, -0.2) is 45.9 Å². The summed E-state index contributed by atoms with van der Waals surface area (Å²) in [6.45, 7) is 2.54. The molecule has 1 aliphatic carbocycles. The Morgan fingerprint density at radius 3 is 2.74 bits per heavy atom. The van der Waals surface area contributed by atoms with Crippen molar-refractivity contribution in [2.45, 2.75) is 38.8 Å².